The van der Waals surface area contributed by atoms with E-state index in [2.05, 4.69) is 15.9 Å². The van der Waals surface area contributed by atoms with Crippen molar-refractivity contribution in [2.75, 3.05) is 0 Å². The molecule has 1 aromatic carbocycles. The predicted octanol–water partition coefficient (Wildman–Crippen LogP) is 3.36. The third-order valence-corrected chi connectivity index (χ3v) is 4.50. The van der Waals surface area contributed by atoms with Crippen molar-refractivity contribution >= 4 is 21.9 Å². The van der Waals surface area contributed by atoms with Crippen LogP contribution in [0.2, 0.25) is 0 Å². The molecule has 0 aliphatic heterocycles. The summed E-state index contributed by atoms with van der Waals surface area (Å²) < 4.78 is 0.529. The number of aliphatic carboxylic acids is 1. The fourth-order valence-electron chi connectivity index (χ4n) is 2.61. The van der Waals surface area contributed by atoms with E-state index in [1.54, 1.807) is 13.0 Å². The Hall–Kier alpha value is -1.03. The lowest BCUT2D eigenvalue weighted by atomic mass is 9.78. The molecule has 0 radical (unpaired) electrons. The molecule has 0 amide bonds. The van der Waals surface area contributed by atoms with Crippen molar-refractivity contribution in [3.05, 3.63) is 27.7 Å². The number of halogens is 1. The van der Waals surface area contributed by atoms with Crippen LogP contribution in [0.3, 0.4) is 0 Å². The van der Waals surface area contributed by atoms with E-state index in [4.69, 9.17) is 0 Å². The monoisotopic (exact) mass is 298 g/mol. The Kier molecular flexibility index (Phi) is 3.17. The Labute approximate surface area is 109 Å². The normalized spacial score (nSPS) is 18.2. The van der Waals surface area contributed by atoms with Gasteiger partial charge in [-0.15, -0.1) is 0 Å². The zero-order valence-electron chi connectivity index (χ0n) is 9.66. The second-order valence-electron chi connectivity index (χ2n) is 4.69. The molecule has 1 aromatic rings. The lowest BCUT2D eigenvalue weighted by Gasteiger charge is -2.26. The van der Waals surface area contributed by atoms with Gasteiger partial charge in [-0.3, -0.25) is 4.79 Å². The summed E-state index contributed by atoms with van der Waals surface area (Å²) in [5, 5.41) is 19.4. The second-order valence-corrected chi connectivity index (χ2v) is 5.48. The average Bonchev–Trinajstić information content (AvgIpc) is 2.76. The van der Waals surface area contributed by atoms with Gasteiger partial charge in [0.2, 0.25) is 0 Å². The number of rotatable bonds is 2. The van der Waals surface area contributed by atoms with Crippen LogP contribution in [0.15, 0.2) is 16.6 Å². The van der Waals surface area contributed by atoms with E-state index >= 15 is 0 Å². The van der Waals surface area contributed by atoms with Gasteiger partial charge >= 0.3 is 5.97 Å². The van der Waals surface area contributed by atoms with Gasteiger partial charge in [0.25, 0.3) is 0 Å². The van der Waals surface area contributed by atoms with Gasteiger partial charge in [-0.1, -0.05) is 25.0 Å². The molecule has 1 saturated carbocycles. The summed E-state index contributed by atoms with van der Waals surface area (Å²) in [6.07, 6.45) is 3.13. The van der Waals surface area contributed by atoms with E-state index in [-0.39, 0.29) is 5.75 Å². The van der Waals surface area contributed by atoms with Crippen molar-refractivity contribution in [3.8, 4) is 5.75 Å². The van der Waals surface area contributed by atoms with Crippen molar-refractivity contribution < 1.29 is 15.0 Å². The van der Waals surface area contributed by atoms with Gasteiger partial charge in [0, 0.05) is 0 Å². The Morgan fingerprint density at radius 2 is 1.94 bits per heavy atom. The molecule has 2 rings (SSSR count). The minimum absolute atomic E-state index is 0.148. The number of carbonyl (C=O) groups is 1. The molecule has 2 N–H and O–H groups in total. The molecule has 92 valence electrons. The molecule has 4 heteroatoms. The van der Waals surface area contributed by atoms with Crippen LogP contribution >= 0.6 is 15.9 Å². The van der Waals surface area contributed by atoms with Gasteiger partial charge in [-0.25, -0.2) is 0 Å². The first-order chi connectivity index (χ1) is 7.99. The van der Waals surface area contributed by atoms with E-state index in [1.807, 2.05) is 6.07 Å². The largest absolute Gasteiger partial charge is 0.506 e. The lowest BCUT2D eigenvalue weighted by Crippen LogP contribution is -2.33. The van der Waals surface area contributed by atoms with Crippen LogP contribution in [0.1, 0.15) is 36.8 Å². The van der Waals surface area contributed by atoms with Crippen molar-refractivity contribution in [2.45, 2.75) is 38.0 Å². The number of hydrogen-bond donors (Lipinski definition) is 2. The van der Waals surface area contributed by atoms with Gasteiger partial charge in [-0.2, -0.15) is 0 Å². The molecular weight excluding hydrogens is 284 g/mol. The molecule has 1 aliphatic rings. The van der Waals surface area contributed by atoms with E-state index in [0.29, 0.717) is 22.9 Å². The smallest absolute Gasteiger partial charge is 0.314 e. The Bertz CT molecular complexity index is 462. The Morgan fingerprint density at radius 1 is 1.35 bits per heavy atom. The maximum Gasteiger partial charge on any atom is 0.314 e. The summed E-state index contributed by atoms with van der Waals surface area (Å²) in [4.78, 5) is 11.6. The van der Waals surface area contributed by atoms with Crippen LogP contribution in [0.4, 0.5) is 0 Å². The van der Waals surface area contributed by atoms with Crippen LogP contribution in [-0.4, -0.2) is 16.2 Å². The van der Waals surface area contributed by atoms with Crippen molar-refractivity contribution in [1.82, 2.24) is 0 Å². The quantitative estimate of drug-likeness (QED) is 0.880. The molecule has 0 spiro atoms. The summed E-state index contributed by atoms with van der Waals surface area (Å²) in [6, 6.07) is 3.59. The van der Waals surface area contributed by atoms with E-state index in [9.17, 15) is 15.0 Å². The first-order valence-electron chi connectivity index (χ1n) is 5.71. The van der Waals surface area contributed by atoms with Crippen molar-refractivity contribution in [1.29, 1.82) is 0 Å². The van der Waals surface area contributed by atoms with Crippen LogP contribution in [-0.2, 0) is 10.2 Å². The maximum atomic E-state index is 11.6. The highest BCUT2D eigenvalue weighted by molar-refractivity contribution is 9.10. The van der Waals surface area contributed by atoms with Crippen molar-refractivity contribution in [2.24, 2.45) is 0 Å². The minimum atomic E-state index is -0.829. The highest BCUT2D eigenvalue weighted by Gasteiger charge is 2.44. The summed E-state index contributed by atoms with van der Waals surface area (Å²) in [6.45, 7) is 1.80. The van der Waals surface area contributed by atoms with Gasteiger partial charge in [0.05, 0.1) is 9.89 Å². The molecule has 0 heterocycles. The Balaban J connectivity index is 2.59. The van der Waals surface area contributed by atoms with E-state index < -0.39 is 11.4 Å². The minimum Gasteiger partial charge on any atom is -0.506 e. The second kappa shape index (κ2) is 4.33. The molecule has 0 aromatic heterocycles. The number of carboxylic acid groups (broad SMARTS) is 1. The number of hydrogen-bond acceptors (Lipinski definition) is 2. The summed E-state index contributed by atoms with van der Waals surface area (Å²) >= 11 is 3.33. The molecule has 0 atom stereocenters. The summed E-state index contributed by atoms with van der Waals surface area (Å²) in [5.41, 5.74) is 0.620. The molecule has 17 heavy (non-hydrogen) atoms. The molecule has 1 aliphatic carbocycles. The van der Waals surface area contributed by atoms with Crippen molar-refractivity contribution in [3.63, 3.8) is 0 Å². The third kappa shape index (κ3) is 1.84. The number of phenols is 1. The highest BCUT2D eigenvalue weighted by atomic mass is 79.9. The highest BCUT2D eigenvalue weighted by Crippen LogP contribution is 2.46. The molecule has 0 unspecified atom stereocenters. The molecule has 1 fully saturated rings. The number of carboxylic acids is 1. The zero-order chi connectivity index (χ0) is 12.6. The van der Waals surface area contributed by atoms with Gasteiger partial charge in [-0.05, 0) is 46.8 Å². The number of aromatic hydroxyl groups is 1. The van der Waals surface area contributed by atoms with Crippen LogP contribution < -0.4 is 0 Å². The third-order valence-electron chi connectivity index (χ3n) is 3.70. The zero-order valence-corrected chi connectivity index (χ0v) is 11.2. The van der Waals surface area contributed by atoms with Gasteiger partial charge in [0.15, 0.2) is 0 Å². The fraction of sp³-hybridized carbons (Fsp3) is 0.462. The van der Waals surface area contributed by atoms with Crippen LogP contribution in [0.25, 0.3) is 0 Å². The van der Waals surface area contributed by atoms with Gasteiger partial charge in [0.1, 0.15) is 5.75 Å². The SMILES string of the molecule is Cc1ccc(C2(C(=O)O)CCCC2)c(Br)c1O. The molecule has 3 nitrogen and oxygen atoms in total. The molecule has 0 saturated heterocycles. The predicted molar refractivity (Wildman–Crippen MR) is 68.3 cm³/mol. The standard InChI is InChI=1S/C13H15BrO3/c1-8-4-5-9(10(14)11(8)15)13(12(16)17)6-2-3-7-13/h4-5,15H,2-3,6-7H2,1H3,(H,16,17). The molecular formula is C13H15BrO3. The fourth-order valence-corrected chi connectivity index (χ4v) is 3.43. The molecule has 0 bridgehead atoms. The van der Waals surface area contributed by atoms with Crippen LogP contribution in [0, 0.1) is 6.92 Å². The number of phenolic OH excluding ortho intramolecular Hbond substituents is 1. The first-order valence-corrected chi connectivity index (χ1v) is 6.50. The average molecular weight is 299 g/mol. The van der Waals surface area contributed by atoms with Gasteiger partial charge < -0.3 is 10.2 Å². The maximum absolute atomic E-state index is 11.6. The van der Waals surface area contributed by atoms with E-state index in [1.165, 1.54) is 0 Å². The topological polar surface area (TPSA) is 57.5 Å². The lowest BCUT2D eigenvalue weighted by molar-refractivity contribution is -0.143. The number of aryl methyl sites for hydroxylation is 1. The number of benzene rings is 1. The van der Waals surface area contributed by atoms with E-state index in [0.717, 1.165) is 18.4 Å². The van der Waals surface area contributed by atoms with Crippen LogP contribution in [0.5, 0.6) is 5.75 Å². The first kappa shape index (κ1) is 12.4. The summed E-state index contributed by atoms with van der Waals surface area (Å²) in [5.74, 6) is -0.644. The Morgan fingerprint density at radius 3 is 2.47 bits per heavy atom. The summed E-state index contributed by atoms with van der Waals surface area (Å²) in [7, 11) is 0.